The number of rotatable bonds is 7. The van der Waals surface area contributed by atoms with E-state index in [0.29, 0.717) is 24.0 Å². The second kappa shape index (κ2) is 7.29. The Morgan fingerprint density at radius 2 is 2.17 bits per heavy atom. The highest BCUT2D eigenvalue weighted by Crippen LogP contribution is 2.40. The quantitative estimate of drug-likeness (QED) is 0.623. The van der Waals surface area contributed by atoms with Crippen LogP contribution in [0.3, 0.4) is 0 Å². The molecule has 1 N–H and O–H groups in total. The van der Waals surface area contributed by atoms with Gasteiger partial charge in [0.05, 0.1) is 23.9 Å². The summed E-state index contributed by atoms with van der Waals surface area (Å²) in [6.45, 7) is 0.384. The van der Waals surface area contributed by atoms with Gasteiger partial charge in [-0.25, -0.2) is 9.67 Å². The van der Waals surface area contributed by atoms with Crippen molar-refractivity contribution in [1.82, 2.24) is 20.1 Å². The molecule has 1 amide bonds. The molecule has 0 spiro atoms. The Bertz CT molecular complexity index is 718. The smallest absolute Gasteiger partial charge is 0.230 e. The van der Waals surface area contributed by atoms with Crippen molar-refractivity contribution in [3.8, 4) is 11.8 Å². The van der Waals surface area contributed by atoms with Crippen molar-refractivity contribution < 1.29 is 4.79 Å². The minimum atomic E-state index is -0.103. The normalized spacial score (nSPS) is 13.5. The Morgan fingerprint density at radius 1 is 1.39 bits per heavy atom. The first-order chi connectivity index (χ1) is 11.3. The molecule has 0 unspecified atom stereocenters. The highest BCUT2D eigenvalue weighted by Gasteiger charge is 2.30. The fourth-order valence-corrected chi connectivity index (χ4v) is 2.83. The minimum absolute atomic E-state index is 0.103. The van der Waals surface area contributed by atoms with Gasteiger partial charge in [0.1, 0.15) is 5.82 Å². The highest BCUT2D eigenvalue weighted by atomic mass is 32.2. The Morgan fingerprint density at radius 3 is 2.87 bits per heavy atom. The van der Waals surface area contributed by atoms with E-state index in [4.69, 9.17) is 5.26 Å². The van der Waals surface area contributed by atoms with Crippen LogP contribution in [-0.2, 0) is 4.79 Å². The van der Waals surface area contributed by atoms with E-state index in [2.05, 4.69) is 15.4 Å². The monoisotopic (exact) mass is 327 g/mol. The van der Waals surface area contributed by atoms with E-state index in [-0.39, 0.29) is 11.7 Å². The number of hydrogen-bond donors (Lipinski definition) is 1. The third-order valence-corrected chi connectivity index (χ3v) is 4.29. The summed E-state index contributed by atoms with van der Waals surface area (Å²) in [6.07, 6.45) is 2.61. The summed E-state index contributed by atoms with van der Waals surface area (Å²) in [5.41, 5.74) is 0.993. The number of thioether (sulfide) groups is 1. The van der Waals surface area contributed by atoms with Crippen LogP contribution in [0.15, 0.2) is 35.5 Å². The summed E-state index contributed by atoms with van der Waals surface area (Å²) in [6, 6.07) is 11.9. The Balaban J connectivity index is 1.67. The fraction of sp³-hybridized carbons (Fsp3) is 0.375. The molecule has 1 fully saturated rings. The van der Waals surface area contributed by atoms with Crippen LogP contribution in [0.1, 0.15) is 31.0 Å². The van der Waals surface area contributed by atoms with Crippen LogP contribution < -0.4 is 5.32 Å². The largest absolute Gasteiger partial charge is 0.354 e. The summed E-state index contributed by atoms with van der Waals surface area (Å²) in [5, 5.41) is 16.3. The third kappa shape index (κ3) is 4.11. The van der Waals surface area contributed by atoms with Crippen molar-refractivity contribution >= 4 is 17.7 Å². The first-order valence-corrected chi connectivity index (χ1v) is 8.55. The zero-order chi connectivity index (χ0) is 16.1. The van der Waals surface area contributed by atoms with Gasteiger partial charge in [-0.05, 0) is 25.0 Å². The first-order valence-electron chi connectivity index (χ1n) is 7.57. The number of benzene rings is 1. The van der Waals surface area contributed by atoms with Crippen LogP contribution in [0.5, 0.6) is 0 Å². The lowest BCUT2D eigenvalue weighted by Gasteiger charge is -2.03. The van der Waals surface area contributed by atoms with Gasteiger partial charge in [-0.15, -0.1) is 5.10 Å². The predicted molar refractivity (Wildman–Crippen MR) is 87.3 cm³/mol. The van der Waals surface area contributed by atoms with Gasteiger partial charge < -0.3 is 5.32 Å². The molecule has 1 aromatic heterocycles. The van der Waals surface area contributed by atoms with Gasteiger partial charge in [0, 0.05) is 12.5 Å². The molecule has 3 rings (SSSR count). The molecular formula is C16H17N5OS. The molecule has 0 radical (unpaired) electrons. The van der Waals surface area contributed by atoms with Crippen molar-refractivity contribution in [3.63, 3.8) is 0 Å². The van der Waals surface area contributed by atoms with Crippen LogP contribution in [0.25, 0.3) is 5.69 Å². The molecule has 0 saturated heterocycles. The predicted octanol–water partition coefficient (Wildman–Crippen LogP) is 2.27. The summed E-state index contributed by atoms with van der Waals surface area (Å²) in [7, 11) is 0. The highest BCUT2D eigenvalue weighted by molar-refractivity contribution is 7.99. The van der Waals surface area contributed by atoms with E-state index in [9.17, 15) is 4.79 Å². The van der Waals surface area contributed by atoms with E-state index in [1.54, 1.807) is 0 Å². The number of nitriles is 1. The maximum Gasteiger partial charge on any atom is 0.230 e. The number of carbonyl (C=O) groups excluding carboxylic acids is 1. The molecule has 0 aliphatic heterocycles. The average molecular weight is 327 g/mol. The number of amides is 1. The number of para-hydroxylation sites is 1. The number of nitrogens with one attached hydrogen (secondary N) is 1. The van der Waals surface area contributed by atoms with Crippen molar-refractivity contribution in [2.75, 3.05) is 12.3 Å². The third-order valence-electron chi connectivity index (χ3n) is 3.45. The fourth-order valence-electron chi connectivity index (χ4n) is 2.17. The SMILES string of the molecule is N#CCCNC(=O)CSc1nc(C2CC2)n(-c2ccccc2)n1. The Hall–Kier alpha value is -2.33. The molecule has 118 valence electrons. The molecule has 1 saturated carbocycles. The Labute approximate surface area is 138 Å². The van der Waals surface area contributed by atoms with Gasteiger partial charge in [0.25, 0.3) is 0 Å². The van der Waals surface area contributed by atoms with Crippen LogP contribution in [0.4, 0.5) is 0 Å². The lowest BCUT2D eigenvalue weighted by molar-refractivity contribution is -0.118. The minimum Gasteiger partial charge on any atom is -0.354 e. The first kappa shape index (κ1) is 15.6. The van der Waals surface area contributed by atoms with Gasteiger partial charge in [-0.2, -0.15) is 5.26 Å². The topological polar surface area (TPSA) is 83.6 Å². The Kier molecular flexibility index (Phi) is 4.93. The number of nitrogens with zero attached hydrogens (tertiary/aromatic N) is 4. The molecule has 23 heavy (non-hydrogen) atoms. The van der Waals surface area contributed by atoms with Gasteiger partial charge in [0.2, 0.25) is 11.1 Å². The molecule has 6 nitrogen and oxygen atoms in total. The molecule has 2 aromatic rings. The number of carbonyl (C=O) groups is 1. The molecule has 1 heterocycles. The second-order valence-corrected chi connectivity index (χ2v) is 6.26. The second-order valence-electron chi connectivity index (χ2n) is 5.32. The number of hydrogen-bond acceptors (Lipinski definition) is 5. The van der Waals surface area contributed by atoms with Crippen molar-refractivity contribution in [2.45, 2.75) is 30.3 Å². The molecule has 1 aliphatic rings. The van der Waals surface area contributed by atoms with Crippen LogP contribution >= 0.6 is 11.8 Å². The van der Waals surface area contributed by atoms with Crippen LogP contribution in [0.2, 0.25) is 0 Å². The van der Waals surface area contributed by atoms with Crippen molar-refractivity contribution in [2.24, 2.45) is 0 Å². The van der Waals surface area contributed by atoms with Crippen molar-refractivity contribution in [1.29, 1.82) is 5.26 Å². The average Bonchev–Trinajstić information content (AvgIpc) is 3.34. The van der Waals surface area contributed by atoms with Gasteiger partial charge in [-0.1, -0.05) is 30.0 Å². The van der Waals surface area contributed by atoms with E-state index in [0.717, 1.165) is 24.4 Å². The van der Waals surface area contributed by atoms with Gasteiger partial charge >= 0.3 is 0 Å². The summed E-state index contributed by atoms with van der Waals surface area (Å²) >= 11 is 1.32. The summed E-state index contributed by atoms with van der Waals surface area (Å²) in [5.74, 6) is 1.60. The maximum absolute atomic E-state index is 11.7. The summed E-state index contributed by atoms with van der Waals surface area (Å²) < 4.78 is 1.88. The molecule has 1 aromatic carbocycles. The van der Waals surface area contributed by atoms with Crippen LogP contribution in [0, 0.1) is 11.3 Å². The zero-order valence-corrected chi connectivity index (χ0v) is 13.4. The molecule has 0 bridgehead atoms. The molecule has 1 aliphatic carbocycles. The number of aromatic nitrogens is 3. The van der Waals surface area contributed by atoms with Gasteiger partial charge in [0.15, 0.2) is 0 Å². The van der Waals surface area contributed by atoms with E-state index < -0.39 is 0 Å². The maximum atomic E-state index is 11.7. The summed E-state index contributed by atoms with van der Waals surface area (Å²) in [4.78, 5) is 16.3. The van der Waals surface area contributed by atoms with E-state index >= 15 is 0 Å². The zero-order valence-electron chi connectivity index (χ0n) is 12.6. The lowest BCUT2D eigenvalue weighted by Crippen LogP contribution is -2.25. The van der Waals surface area contributed by atoms with E-state index in [1.807, 2.05) is 41.1 Å². The van der Waals surface area contributed by atoms with Crippen molar-refractivity contribution in [3.05, 3.63) is 36.2 Å². The van der Waals surface area contributed by atoms with Crippen LogP contribution in [-0.4, -0.2) is 33.0 Å². The molecular weight excluding hydrogens is 310 g/mol. The molecule has 7 heteroatoms. The molecule has 0 atom stereocenters. The van der Waals surface area contributed by atoms with Gasteiger partial charge in [-0.3, -0.25) is 4.79 Å². The van der Waals surface area contributed by atoms with E-state index in [1.165, 1.54) is 11.8 Å². The lowest BCUT2D eigenvalue weighted by atomic mass is 10.3. The standard InChI is InChI=1S/C16H17N5OS/c17-9-4-10-18-14(22)11-23-16-19-15(12-7-8-12)21(20-16)13-5-2-1-3-6-13/h1-3,5-6,12H,4,7-8,10-11H2,(H,18,22).